The van der Waals surface area contributed by atoms with Crippen molar-refractivity contribution in [2.75, 3.05) is 6.26 Å². The molecule has 154 valence electrons. The average molecular weight is 432 g/mol. The van der Waals surface area contributed by atoms with E-state index in [9.17, 15) is 8.42 Å². The highest BCUT2D eigenvalue weighted by atomic mass is 32.2. The fourth-order valence-electron chi connectivity index (χ4n) is 3.20. The number of hydrogen-bond donors (Lipinski definition) is 2. The number of nitrogens with two attached hydrogens (primary N) is 1. The molecule has 8 heteroatoms. The molecule has 0 aliphatic heterocycles. The second-order valence-corrected chi connectivity index (χ2v) is 10.2. The SMILES string of the molecule is CC(C)Cc1cc(OCc2ccc(S(C)(=O)=O)cc2)c2n[nH]c(CC(N)=S)c2c1. The Labute approximate surface area is 176 Å². The molecule has 0 saturated heterocycles. The molecular weight excluding hydrogens is 406 g/mol. The maximum absolute atomic E-state index is 11.6. The van der Waals surface area contributed by atoms with Crippen LogP contribution in [-0.2, 0) is 29.3 Å². The zero-order valence-corrected chi connectivity index (χ0v) is 18.4. The van der Waals surface area contributed by atoms with Crippen LogP contribution in [0.3, 0.4) is 0 Å². The minimum atomic E-state index is -3.22. The van der Waals surface area contributed by atoms with Gasteiger partial charge in [0, 0.05) is 23.8 Å². The Kier molecular flexibility index (Phi) is 6.24. The van der Waals surface area contributed by atoms with Crippen molar-refractivity contribution in [3.8, 4) is 5.75 Å². The Balaban J connectivity index is 1.90. The lowest BCUT2D eigenvalue weighted by molar-refractivity contribution is 0.309. The third-order valence-electron chi connectivity index (χ3n) is 4.50. The van der Waals surface area contributed by atoms with Crippen LogP contribution in [0.1, 0.15) is 30.7 Å². The molecule has 0 spiro atoms. The lowest BCUT2D eigenvalue weighted by Crippen LogP contribution is -2.11. The number of rotatable bonds is 8. The van der Waals surface area contributed by atoms with Crippen molar-refractivity contribution in [2.24, 2.45) is 11.7 Å². The fourth-order valence-corrected chi connectivity index (χ4v) is 3.97. The summed E-state index contributed by atoms with van der Waals surface area (Å²) in [7, 11) is -3.22. The number of fused-ring (bicyclic) bond motifs is 1. The van der Waals surface area contributed by atoms with E-state index in [-0.39, 0.29) is 4.90 Å². The van der Waals surface area contributed by atoms with Crippen LogP contribution < -0.4 is 10.5 Å². The maximum Gasteiger partial charge on any atom is 0.175 e. The normalized spacial score (nSPS) is 11.9. The molecule has 6 nitrogen and oxygen atoms in total. The lowest BCUT2D eigenvalue weighted by atomic mass is 10.00. The number of hydrogen-bond acceptors (Lipinski definition) is 5. The number of H-pyrrole nitrogens is 1. The van der Waals surface area contributed by atoms with Crippen LogP contribution in [0.25, 0.3) is 10.9 Å². The standard InChI is InChI=1S/C21H25N3O3S2/c1-13(2)8-15-9-17-18(11-20(22)28)23-24-21(17)19(10-15)27-12-14-4-6-16(7-5-14)29(3,25)26/h4-7,9-10,13H,8,11-12H2,1-3H3,(H2,22,28)(H,23,24). The van der Waals surface area contributed by atoms with E-state index >= 15 is 0 Å². The van der Waals surface area contributed by atoms with Gasteiger partial charge in [-0.25, -0.2) is 8.42 Å². The van der Waals surface area contributed by atoms with Gasteiger partial charge >= 0.3 is 0 Å². The third-order valence-corrected chi connectivity index (χ3v) is 5.78. The molecule has 2 aromatic carbocycles. The summed E-state index contributed by atoms with van der Waals surface area (Å²) >= 11 is 5.05. The first-order valence-electron chi connectivity index (χ1n) is 9.33. The molecule has 0 aliphatic carbocycles. The molecule has 3 N–H and O–H groups in total. The van der Waals surface area contributed by atoms with E-state index in [4.69, 9.17) is 22.7 Å². The topological polar surface area (TPSA) is 98.1 Å². The highest BCUT2D eigenvalue weighted by molar-refractivity contribution is 7.90. The minimum absolute atomic E-state index is 0.289. The van der Waals surface area contributed by atoms with Gasteiger partial charge in [0.2, 0.25) is 0 Å². The number of ether oxygens (including phenoxy) is 1. The van der Waals surface area contributed by atoms with Gasteiger partial charge in [-0.3, -0.25) is 5.10 Å². The summed E-state index contributed by atoms with van der Waals surface area (Å²) < 4.78 is 29.3. The molecule has 0 saturated carbocycles. The molecule has 0 atom stereocenters. The summed E-state index contributed by atoms with van der Waals surface area (Å²) in [6.07, 6.45) is 2.55. The smallest absolute Gasteiger partial charge is 0.175 e. The number of sulfone groups is 1. The third kappa shape index (κ3) is 5.33. The van der Waals surface area contributed by atoms with Crippen LogP contribution in [0.4, 0.5) is 0 Å². The monoisotopic (exact) mass is 431 g/mol. The summed E-state index contributed by atoms with van der Waals surface area (Å²) in [5.41, 5.74) is 9.35. The Hall–Kier alpha value is -2.45. The summed E-state index contributed by atoms with van der Waals surface area (Å²) in [6, 6.07) is 10.8. The quantitative estimate of drug-likeness (QED) is 0.529. The largest absolute Gasteiger partial charge is 0.487 e. The average Bonchev–Trinajstić information content (AvgIpc) is 3.01. The van der Waals surface area contributed by atoms with Gasteiger partial charge in [-0.2, -0.15) is 5.10 Å². The van der Waals surface area contributed by atoms with E-state index in [1.165, 1.54) is 6.26 Å². The molecule has 3 rings (SSSR count). The maximum atomic E-state index is 11.6. The molecule has 0 fully saturated rings. The molecule has 0 aliphatic rings. The highest BCUT2D eigenvalue weighted by Crippen LogP contribution is 2.30. The molecule has 0 amide bonds. The zero-order valence-electron chi connectivity index (χ0n) is 16.7. The number of nitrogens with zero attached hydrogens (tertiary/aromatic N) is 1. The second kappa shape index (κ2) is 8.51. The van der Waals surface area contributed by atoms with Crippen molar-refractivity contribution in [2.45, 2.75) is 38.2 Å². The van der Waals surface area contributed by atoms with Crippen molar-refractivity contribution in [1.82, 2.24) is 10.2 Å². The van der Waals surface area contributed by atoms with Gasteiger partial charge in [0.05, 0.1) is 9.88 Å². The summed E-state index contributed by atoms with van der Waals surface area (Å²) in [5.74, 6) is 1.17. The predicted molar refractivity (Wildman–Crippen MR) is 119 cm³/mol. The van der Waals surface area contributed by atoms with E-state index in [2.05, 4.69) is 30.1 Å². The van der Waals surface area contributed by atoms with E-state index < -0.39 is 9.84 Å². The number of aromatic nitrogens is 2. The highest BCUT2D eigenvalue weighted by Gasteiger charge is 2.14. The van der Waals surface area contributed by atoms with Gasteiger partial charge in [-0.15, -0.1) is 0 Å². The molecule has 3 aromatic rings. The first-order valence-corrected chi connectivity index (χ1v) is 11.6. The first-order chi connectivity index (χ1) is 13.6. The Morgan fingerprint density at radius 1 is 1.21 bits per heavy atom. The van der Waals surface area contributed by atoms with Gasteiger partial charge in [0.1, 0.15) is 17.9 Å². The van der Waals surface area contributed by atoms with Crippen LogP contribution >= 0.6 is 12.2 Å². The Morgan fingerprint density at radius 2 is 1.90 bits per heavy atom. The van der Waals surface area contributed by atoms with Crippen LogP contribution in [-0.4, -0.2) is 29.9 Å². The van der Waals surface area contributed by atoms with Gasteiger partial charge < -0.3 is 10.5 Å². The Morgan fingerprint density at radius 3 is 2.48 bits per heavy atom. The van der Waals surface area contributed by atoms with Crippen molar-refractivity contribution in [1.29, 1.82) is 0 Å². The number of thiocarbonyl (C=S) groups is 1. The second-order valence-electron chi connectivity index (χ2n) is 7.64. The lowest BCUT2D eigenvalue weighted by Gasteiger charge is -2.11. The molecule has 0 radical (unpaired) electrons. The number of benzene rings is 2. The van der Waals surface area contributed by atoms with Crippen LogP contribution in [0.5, 0.6) is 5.75 Å². The summed E-state index contributed by atoms with van der Waals surface area (Å²) in [6.45, 7) is 4.64. The summed E-state index contributed by atoms with van der Waals surface area (Å²) in [4.78, 5) is 0.690. The van der Waals surface area contributed by atoms with Crippen molar-refractivity contribution < 1.29 is 13.2 Å². The van der Waals surface area contributed by atoms with Crippen LogP contribution in [0, 0.1) is 5.92 Å². The van der Waals surface area contributed by atoms with Crippen molar-refractivity contribution in [3.05, 3.63) is 53.2 Å². The first kappa shape index (κ1) is 21.3. The van der Waals surface area contributed by atoms with Crippen LogP contribution in [0.15, 0.2) is 41.3 Å². The molecule has 0 bridgehead atoms. The van der Waals surface area contributed by atoms with Gasteiger partial charge in [-0.05, 0) is 47.7 Å². The number of aromatic amines is 1. The molecule has 1 heterocycles. The van der Waals surface area contributed by atoms with Gasteiger partial charge in [-0.1, -0.05) is 38.2 Å². The van der Waals surface area contributed by atoms with E-state index in [0.717, 1.165) is 34.1 Å². The van der Waals surface area contributed by atoms with Gasteiger partial charge in [0.15, 0.2) is 9.84 Å². The van der Waals surface area contributed by atoms with Crippen molar-refractivity contribution in [3.63, 3.8) is 0 Å². The summed E-state index contributed by atoms with van der Waals surface area (Å²) in [5, 5.41) is 8.39. The van der Waals surface area contributed by atoms with Crippen LogP contribution in [0.2, 0.25) is 0 Å². The number of nitrogens with one attached hydrogen (secondary N) is 1. The zero-order chi connectivity index (χ0) is 21.2. The van der Waals surface area contributed by atoms with Crippen molar-refractivity contribution >= 4 is 37.9 Å². The molecule has 1 aromatic heterocycles. The van der Waals surface area contributed by atoms with E-state index in [0.29, 0.717) is 29.7 Å². The van der Waals surface area contributed by atoms with E-state index in [1.807, 2.05) is 6.07 Å². The van der Waals surface area contributed by atoms with Gasteiger partial charge in [0.25, 0.3) is 0 Å². The molecule has 0 unspecified atom stereocenters. The fraction of sp³-hybridized carbons (Fsp3) is 0.333. The Bertz CT molecular complexity index is 1130. The molecule has 29 heavy (non-hydrogen) atoms. The minimum Gasteiger partial charge on any atom is -0.487 e. The molecular formula is C21H25N3O3S2. The van der Waals surface area contributed by atoms with E-state index in [1.54, 1.807) is 24.3 Å². The predicted octanol–water partition coefficient (Wildman–Crippen LogP) is 3.57.